The lowest BCUT2D eigenvalue weighted by atomic mass is 9.70. The van der Waals surface area contributed by atoms with Crippen LogP contribution in [0.15, 0.2) is 28.7 Å². The van der Waals surface area contributed by atoms with Gasteiger partial charge < -0.3 is 5.73 Å². The summed E-state index contributed by atoms with van der Waals surface area (Å²) >= 11 is 3.63. The highest BCUT2D eigenvalue weighted by atomic mass is 79.9. The van der Waals surface area contributed by atoms with Gasteiger partial charge in [0.15, 0.2) is 0 Å². The molecule has 0 amide bonds. The molecular formula is C20H22BrN3. The minimum absolute atomic E-state index is 0.233. The summed E-state index contributed by atoms with van der Waals surface area (Å²) in [6, 6.07) is 10.3. The van der Waals surface area contributed by atoms with Gasteiger partial charge in [-0.05, 0) is 47.8 Å². The second kappa shape index (κ2) is 6.22. The molecular weight excluding hydrogens is 362 g/mol. The molecule has 0 saturated carbocycles. The Morgan fingerprint density at radius 2 is 2.00 bits per heavy atom. The van der Waals surface area contributed by atoms with E-state index < -0.39 is 0 Å². The molecule has 1 aromatic heterocycles. The van der Waals surface area contributed by atoms with Gasteiger partial charge in [0.2, 0.25) is 0 Å². The van der Waals surface area contributed by atoms with E-state index in [9.17, 15) is 5.26 Å². The lowest BCUT2D eigenvalue weighted by molar-refractivity contribution is 0.215. The van der Waals surface area contributed by atoms with E-state index in [1.54, 1.807) is 0 Å². The van der Waals surface area contributed by atoms with Crippen LogP contribution in [-0.2, 0) is 12.8 Å². The Morgan fingerprint density at radius 3 is 2.62 bits per heavy atom. The van der Waals surface area contributed by atoms with Crippen molar-refractivity contribution in [3.05, 3.63) is 45.6 Å². The van der Waals surface area contributed by atoms with E-state index in [1.165, 1.54) is 5.56 Å². The minimum atomic E-state index is 0.233. The molecule has 1 heterocycles. The zero-order valence-corrected chi connectivity index (χ0v) is 15.9. The van der Waals surface area contributed by atoms with Crippen molar-refractivity contribution in [3.8, 4) is 17.2 Å². The number of fused-ring (bicyclic) bond motifs is 1. The number of benzene rings is 1. The largest absolute Gasteiger partial charge is 0.383 e. The number of rotatable bonds is 1. The van der Waals surface area contributed by atoms with E-state index in [2.05, 4.69) is 47.8 Å². The van der Waals surface area contributed by atoms with Crippen LogP contribution in [0.3, 0.4) is 0 Å². The van der Waals surface area contributed by atoms with Crippen molar-refractivity contribution >= 4 is 21.7 Å². The first-order valence-electron chi connectivity index (χ1n) is 8.29. The van der Waals surface area contributed by atoms with Gasteiger partial charge in [-0.2, -0.15) is 5.26 Å². The summed E-state index contributed by atoms with van der Waals surface area (Å²) in [6.45, 7) is 6.87. The molecule has 0 bridgehead atoms. The second-order valence-corrected chi connectivity index (χ2v) is 8.42. The van der Waals surface area contributed by atoms with Crippen molar-refractivity contribution in [3.63, 3.8) is 0 Å². The summed E-state index contributed by atoms with van der Waals surface area (Å²) in [5.41, 5.74) is 11.1. The average Bonchev–Trinajstić information content (AvgIpc) is 2.53. The molecule has 1 unspecified atom stereocenters. The zero-order valence-electron chi connectivity index (χ0n) is 14.4. The average molecular weight is 384 g/mol. The highest BCUT2D eigenvalue weighted by Crippen LogP contribution is 2.43. The summed E-state index contributed by atoms with van der Waals surface area (Å²) < 4.78 is 0.979. The summed E-state index contributed by atoms with van der Waals surface area (Å²) in [5.74, 6) is 0.916. The van der Waals surface area contributed by atoms with Crippen LogP contribution in [0.1, 0.15) is 44.0 Å². The van der Waals surface area contributed by atoms with E-state index in [0.717, 1.165) is 40.6 Å². The van der Waals surface area contributed by atoms with Gasteiger partial charge in [-0.15, -0.1) is 0 Å². The number of anilines is 1. The molecule has 124 valence electrons. The van der Waals surface area contributed by atoms with Crippen molar-refractivity contribution in [2.75, 3.05) is 5.73 Å². The summed E-state index contributed by atoms with van der Waals surface area (Å²) in [4.78, 5) is 4.56. The van der Waals surface area contributed by atoms with Gasteiger partial charge in [-0.1, -0.05) is 54.9 Å². The maximum atomic E-state index is 9.69. The third-order valence-electron chi connectivity index (χ3n) is 5.07. The van der Waals surface area contributed by atoms with E-state index in [1.807, 2.05) is 24.3 Å². The molecule has 4 heteroatoms. The number of aromatic nitrogens is 1. The number of nitrogens with zero attached hydrogens (tertiary/aromatic N) is 2. The van der Waals surface area contributed by atoms with Crippen LogP contribution >= 0.6 is 15.9 Å². The lowest BCUT2D eigenvalue weighted by Crippen LogP contribution is -2.28. The number of hydrogen-bond donors (Lipinski definition) is 1. The van der Waals surface area contributed by atoms with Crippen LogP contribution < -0.4 is 5.73 Å². The Bertz CT molecular complexity index is 828. The molecule has 1 atom stereocenters. The molecule has 0 spiro atoms. The van der Waals surface area contributed by atoms with Crippen molar-refractivity contribution < 1.29 is 0 Å². The molecule has 1 aliphatic rings. The molecule has 3 nitrogen and oxygen atoms in total. The molecule has 0 fully saturated rings. The third kappa shape index (κ3) is 2.93. The smallest absolute Gasteiger partial charge is 0.142 e. The van der Waals surface area contributed by atoms with Crippen LogP contribution in [-0.4, -0.2) is 4.98 Å². The predicted octanol–water partition coefficient (Wildman–Crippen LogP) is 5.12. The molecule has 24 heavy (non-hydrogen) atoms. The molecule has 2 aromatic rings. The number of nitrogen functional groups attached to an aromatic ring is 1. The molecule has 2 N–H and O–H groups in total. The van der Waals surface area contributed by atoms with Crippen molar-refractivity contribution in [1.29, 1.82) is 5.26 Å². The molecule has 0 saturated heterocycles. The number of halogens is 1. The number of pyridine rings is 1. The Hall–Kier alpha value is -1.86. The number of nitriles is 1. The van der Waals surface area contributed by atoms with Crippen molar-refractivity contribution in [2.45, 2.75) is 40.0 Å². The van der Waals surface area contributed by atoms with E-state index >= 15 is 0 Å². The fraction of sp³-hybridized carbons (Fsp3) is 0.400. The monoisotopic (exact) mass is 383 g/mol. The molecule has 1 aliphatic carbocycles. The second-order valence-electron chi connectivity index (χ2n) is 7.57. The number of hydrogen-bond acceptors (Lipinski definition) is 3. The Balaban J connectivity index is 2.26. The summed E-state index contributed by atoms with van der Waals surface area (Å²) in [5, 5.41) is 9.69. The van der Waals surface area contributed by atoms with Gasteiger partial charge in [-0.25, -0.2) is 4.98 Å². The predicted molar refractivity (Wildman–Crippen MR) is 101 cm³/mol. The van der Waals surface area contributed by atoms with Crippen LogP contribution in [0.5, 0.6) is 0 Å². The quantitative estimate of drug-likeness (QED) is 0.743. The topological polar surface area (TPSA) is 62.7 Å². The van der Waals surface area contributed by atoms with E-state index in [4.69, 9.17) is 5.73 Å². The van der Waals surface area contributed by atoms with Crippen LogP contribution in [0.4, 0.5) is 5.82 Å². The van der Waals surface area contributed by atoms with Crippen LogP contribution in [0.25, 0.3) is 11.1 Å². The van der Waals surface area contributed by atoms with E-state index in [-0.39, 0.29) is 5.41 Å². The molecule has 1 aromatic carbocycles. The van der Waals surface area contributed by atoms with Gasteiger partial charge in [0.05, 0.1) is 0 Å². The first-order valence-corrected chi connectivity index (χ1v) is 9.08. The summed E-state index contributed by atoms with van der Waals surface area (Å²) in [6.07, 6.45) is 2.98. The van der Waals surface area contributed by atoms with Crippen molar-refractivity contribution in [2.24, 2.45) is 11.3 Å². The molecule has 3 rings (SSSR count). The minimum Gasteiger partial charge on any atom is -0.383 e. The van der Waals surface area contributed by atoms with Gasteiger partial charge in [-0.3, -0.25) is 0 Å². The number of aryl methyl sites for hydroxylation is 1. The van der Waals surface area contributed by atoms with Gasteiger partial charge in [0.25, 0.3) is 0 Å². The third-order valence-corrected chi connectivity index (χ3v) is 5.76. The number of nitrogens with two attached hydrogens (primary N) is 1. The van der Waals surface area contributed by atoms with Gasteiger partial charge in [0, 0.05) is 15.7 Å². The Labute approximate surface area is 152 Å². The summed E-state index contributed by atoms with van der Waals surface area (Å²) in [7, 11) is 0. The van der Waals surface area contributed by atoms with Gasteiger partial charge in [0.1, 0.15) is 17.5 Å². The first-order chi connectivity index (χ1) is 11.3. The maximum absolute atomic E-state index is 9.69. The van der Waals surface area contributed by atoms with Crippen LogP contribution in [0.2, 0.25) is 0 Å². The Morgan fingerprint density at radius 1 is 1.29 bits per heavy atom. The highest BCUT2D eigenvalue weighted by molar-refractivity contribution is 9.10. The lowest BCUT2D eigenvalue weighted by Gasteiger charge is -2.35. The standard InChI is InChI=1S/C20H22BrN3/c1-20(2,3)12-8-9-17-14(10-12)18(15(11-22)19(23)24-17)13-6-4-5-7-16(13)21/h4-7,12H,8-10H2,1-3H3,(H2,23,24). The van der Waals surface area contributed by atoms with Gasteiger partial charge >= 0.3 is 0 Å². The molecule has 0 radical (unpaired) electrons. The fourth-order valence-electron chi connectivity index (χ4n) is 3.59. The normalized spacial score (nSPS) is 17.2. The first kappa shape index (κ1) is 17.0. The van der Waals surface area contributed by atoms with Crippen molar-refractivity contribution in [1.82, 2.24) is 4.98 Å². The van der Waals surface area contributed by atoms with Crippen LogP contribution in [0, 0.1) is 22.7 Å². The fourth-order valence-corrected chi connectivity index (χ4v) is 4.07. The maximum Gasteiger partial charge on any atom is 0.142 e. The highest BCUT2D eigenvalue weighted by Gasteiger charge is 2.32. The SMILES string of the molecule is CC(C)(C)C1CCc2nc(N)c(C#N)c(-c3ccccc3Br)c2C1. The zero-order chi connectivity index (χ0) is 17.5. The molecule has 0 aliphatic heterocycles. The Kier molecular flexibility index (Phi) is 4.40. The van der Waals surface area contributed by atoms with E-state index in [0.29, 0.717) is 17.3 Å².